The summed E-state index contributed by atoms with van der Waals surface area (Å²) < 4.78 is 3.79. The first-order valence-electron chi connectivity index (χ1n) is 6.80. The van der Waals surface area contributed by atoms with Crippen molar-refractivity contribution >= 4 is 5.69 Å². The van der Waals surface area contributed by atoms with E-state index in [2.05, 4.69) is 6.92 Å². The monoisotopic (exact) mass is 259 g/mol. The minimum absolute atomic E-state index is 0.0749. The Balaban J connectivity index is 2.47. The van der Waals surface area contributed by atoms with E-state index in [0.29, 0.717) is 12.2 Å². The SMILES string of the molecule is CCCn1c(CC)c(N)c(=O)n1Cc1ccccc1. The third kappa shape index (κ3) is 2.57. The van der Waals surface area contributed by atoms with Crippen LogP contribution in [-0.4, -0.2) is 9.36 Å². The maximum Gasteiger partial charge on any atom is 0.290 e. The van der Waals surface area contributed by atoms with Gasteiger partial charge in [0.05, 0.1) is 12.2 Å². The Morgan fingerprint density at radius 2 is 1.79 bits per heavy atom. The zero-order valence-electron chi connectivity index (χ0n) is 11.6. The zero-order chi connectivity index (χ0) is 13.8. The Morgan fingerprint density at radius 1 is 1.11 bits per heavy atom. The molecule has 0 radical (unpaired) electrons. The largest absolute Gasteiger partial charge is 0.393 e. The van der Waals surface area contributed by atoms with Gasteiger partial charge in [-0.05, 0) is 18.4 Å². The van der Waals surface area contributed by atoms with Crippen molar-refractivity contribution in [3.05, 3.63) is 51.9 Å². The molecule has 19 heavy (non-hydrogen) atoms. The second kappa shape index (κ2) is 5.78. The van der Waals surface area contributed by atoms with Crippen molar-refractivity contribution in [2.75, 3.05) is 5.73 Å². The Kier molecular flexibility index (Phi) is 4.10. The van der Waals surface area contributed by atoms with Crippen molar-refractivity contribution in [2.45, 2.75) is 39.8 Å². The van der Waals surface area contributed by atoms with E-state index >= 15 is 0 Å². The van der Waals surface area contributed by atoms with E-state index in [4.69, 9.17) is 5.73 Å². The highest BCUT2D eigenvalue weighted by atomic mass is 16.1. The normalized spacial score (nSPS) is 10.8. The number of nitrogens with zero attached hydrogens (tertiary/aromatic N) is 2. The van der Waals surface area contributed by atoms with E-state index in [1.807, 2.05) is 41.9 Å². The van der Waals surface area contributed by atoms with E-state index in [9.17, 15) is 4.79 Å². The summed E-state index contributed by atoms with van der Waals surface area (Å²) in [5.74, 6) is 0. The summed E-state index contributed by atoms with van der Waals surface area (Å²) in [6.07, 6.45) is 1.76. The highest BCUT2D eigenvalue weighted by Gasteiger charge is 2.15. The van der Waals surface area contributed by atoms with Crippen molar-refractivity contribution in [2.24, 2.45) is 0 Å². The maximum atomic E-state index is 12.3. The first-order chi connectivity index (χ1) is 9.19. The van der Waals surface area contributed by atoms with Gasteiger partial charge in [0.1, 0.15) is 5.69 Å². The van der Waals surface area contributed by atoms with Crippen molar-refractivity contribution < 1.29 is 0 Å². The molecule has 0 saturated carbocycles. The van der Waals surface area contributed by atoms with Crippen molar-refractivity contribution in [3.8, 4) is 0 Å². The molecule has 0 aliphatic rings. The number of benzene rings is 1. The average Bonchev–Trinajstić information content (AvgIpc) is 2.65. The lowest BCUT2D eigenvalue weighted by Gasteiger charge is -2.13. The number of hydrogen-bond donors (Lipinski definition) is 1. The smallest absolute Gasteiger partial charge is 0.290 e. The minimum Gasteiger partial charge on any atom is -0.393 e. The quantitative estimate of drug-likeness (QED) is 0.895. The van der Waals surface area contributed by atoms with Gasteiger partial charge in [0.2, 0.25) is 0 Å². The molecule has 102 valence electrons. The molecule has 0 atom stereocenters. The van der Waals surface area contributed by atoms with Gasteiger partial charge in [0.15, 0.2) is 0 Å². The van der Waals surface area contributed by atoms with Crippen LogP contribution in [0.1, 0.15) is 31.5 Å². The standard InChI is InChI=1S/C15H21N3O/c1-3-10-17-13(4-2)14(16)15(19)18(17)11-12-8-6-5-7-9-12/h5-9H,3-4,10-11,16H2,1-2H3. The van der Waals surface area contributed by atoms with Crippen LogP contribution in [0.2, 0.25) is 0 Å². The summed E-state index contributed by atoms with van der Waals surface area (Å²) in [6.45, 7) is 5.53. The fraction of sp³-hybridized carbons (Fsp3) is 0.400. The molecule has 1 aromatic carbocycles. The van der Waals surface area contributed by atoms with Crippen LogP contribution < -0.4 is 11.3 Å². The summed E-state index contributed by atoms with van der Waals surface area (Å²) in [7, 11) is 0. The van der Waals surface area contributed by atoms with Crippen LogP contribution in [0.15, 0.2) is 35.1 Å². The molecule has 4 heteroatoms. The first-order valence-corrected chi connectivity index (χ1v) is 6.80. The van der Waals surface area contributed by atoms with Crippen molar-refractivity contribution in [1.82, 2.24) is 9.36 Å². The van der Waals surface area contributed by atoms with Crippen LogP contribution in [0.5, 0.6) is 0 Å². The van der Waals surface area contributed by atoms with Crippen LogP contribution >= 0.6 is 0 Å². The lowest BCUT2D eigenvalue weighted by molar-refractivity contribution is 0.452. The topological polar surface area (TPSA) is 52.9 Å². The van der Waals surface area contributed by atoms with Crippen LogP contribution in [0.3, 0.4) is 0 Å². The molecule has 2 rings (SSSR count). The highest BCUT2D eigenvalue weighted by Crippen LogP contribution is 2.12. The molecule has 0 saturated heterocycles. The molecule has 1 heterocycles. The van der Waals surface area contributed by atoms with Crippen LogP contribution in [0, 0.1) is 0 Å². The van der Waals surface area contributed by atoms with E-state index in [1.54, 1.807) is 4.68 Å². The summed E-state index contributed by atoms with van der Waals surface area (Å²) in [4.78, 5) is 12.3. The van der Waals surface area contributed by atoms with Crippen molar-refractivity contribution in [3.63, 3.8) is 0 Å². The molecule has 2 aromatic rings. The average molecular weight is 259 g/mol. The lowest BCUT2D eigenvalue weighted by atomic mass is 10.2. The van der Waals surface area contributed by atoms with Gasteiger partial charge in [-0.2, -0.15) is 0 Å². The second-order valence-electron chi connectivity index (χ2n) is 4.69. The van der Waals surface area contributed by atoms with Crippen LogP contribution in [0.25, 0.3) is 0 Å². The molecular weight excluding hydrogens is 238 g/mol. The third-order valence-corrected chi connectivity index (χ3v) is 3.32. The number of aromatic nitrogens is 2. The van der Waals surface area contributed by atoms with Gasteiger partial charge in [0, 0.05) is 6.54 Å². The van der Waals surface area contributed by atoms with E-state index in [0.717, 1.165) is 30.6 Å². The fourth-order valence-electron chi connectivity index (χ4n) is 2.41. The predicted molar refractivity (Wildman–Crippen MR) is 78.3 cm³/mol. The second-order valence-corrected chi connectivity index (χ2v) is 4.69. The summed E-state index contributed by atoms with van der Waals surface area (Å²) >= 11 is 0. The van der Waals surface area contributed by atoms with Gasteiger partial charge in [-0.15, -0.1) is 0 Å². The molecule has 4 nitrogen and oxygen atoms in total. The number of nitrogen functional groups attached to an aromatic ring is 1. The molecule has 0 unspecified atom stereocenters. The van der Waals surface area contributed by atoms with Crippen LogP contribution in [-0.2, 0) is 19.5 Å². The van der Waals surface area contributed by atoms with E-state index in [1.165, 1.54) is 0 Å². The molecular formula is C15H21N3O. The third-order valence-electron chi connectivity index (χ3n) is 3.32. The minimum atomic E-state index is -0.0749. The molecule has 0 fully saturated rings. The number of nitrogens with two attached hydrogens (primary N) is 1. The molecule has 0 spiro atoms. The Morgan fingerprint density at radius 3 is 2.37 bits per heavy atom. The Labute approximate surface area is 113 Å². The lowest BCUT2D eigenvalue weighted by Crippen LogP contribution is -2.25. The first kappa shape index (κ1) is 13.5. The molecule has 0 amide bonds. The number of anilines is 1. The summed E-state index contributed by atoms with van der Waals surface area (Å²) in [5, 5.41) is 0. The van der Waals surface area contributed by atoms with Gasteiger partial charge in [-0.3, -0.25) is 9.48 Å². The number of hydrogen-bond acceptors (Lipinski definition) is 2. The predicted octanol–water partition coefficient (Wildman–Crippen LogP) is 2.25. The van der Waals surface area contributed by atoms with Crippen molar-refractivity contribution in [1.29, 1.82) is 0 Å². The zero-order valence-corrected chi connectivity index (χ0v) is 11.6. The maximum absolute atomic E-state index is 12.3. The van der Waals surface area contributed by atoms with Gasteiger partial charge in [-0.25, -0.2) is 4.68 Å². The van der Waals surface area contributed by atoms with E-state index < -0.39 is 0 Å². The fourth-order valence-corrected chi connectivity index (χ4v) is 2.41. The Hall–Kier alpha value is -1.97. The van der Waals surface area contributed by atoms with Crippen LogP contribution in [0.4, 0.5) is 5.69 Å². The van der Waals surface area contributed by atoms with Gasteiger partial charge in [0.25, 0.3) is 5.56 Å². The highest BCUT2D eigenvalue weighted by molar-refractivity contribution is 5.41. The summed E-state index contributed by atoms with van der Waals surface area (Å²) in [6, 6.07) is 9.99. The Bertz CT molecular complexity index is 596. The van der Waals surface area contributed by atoms with E-state index in [-0.39, 0.29) is 5.56 Å². The van der Waals surface area contributed by atoms with Gasteiger partial charge < -0.3 is 5.73 Å². The molecule has 2 N–H and O–H groups in total. The molecule has 0 bridgehead atoms. The summed E-state index contributed by atoms with van der Waals surface area (Å²) in [5.41, 5.74) is 8.32. The number of rotatable bonds is 5. The van der Waals surface area contributed by atoms with Gasteiger partial charge in [-0.1, -0.05) is 44.2 Å². The molecule has 0 aliphatic carbocycles. The molecule has 0 aliphatic heterocycles. The van der Waals surface area contributed by atoms with Gasteiger partial charge >= 0.3 is 0 Å². The molecule has 1 aromatic heterocycles.